The second-order valence-electron chi connectivity index (χ2n) is 2.55. The predicted molar refractivity (Wildman–Crippen MR) is 46.7 cm³/mol. The Labute approximate surface area is 73.0 Å². The zero-order chi connectivity index (χ0) is 9.56. The predicted octanol–water partition coefficient (Wildman–Crippen LogP) is 1.27. The molecule has 1 unspecified atom stereocenters. The molecule has 0 rings (SSSR count). The SMILES string of the molecule is CCOC(=O)/C(C)=C/C(O)CC. The van der Waals surface area contributed by atoms with Crippen LogP contribution in [0.25, 0.3) is 0 Å². The number of rotatable bonds is 4. The number of ether oxygens (including phenoxy) is 1. The van der Waals surface area contributed by atoms with Gasteiger partial charge in [0.2, 0.25) is 0 Å². The van der Waals surface area contributed by atoms with Gasteiger partial charge in [-0.3, -0.25) is 0 Å². The lowest BCUT2D eigenvalue weighted by molar-refractivity contribution is -0.138. The Balaban J connectivity index is 4.07. The molecule has 1 N–H and O–H groups in total. The first-order chi connectivity index (χ1) is 5.61. The highest BCUT2D eigenvalue weighted by Gasteiger charge is 2.05. The van der Waals surface area contributed by atoms with Gasteiger partial charge < -0.3 is 9.84 Å². The summed E-state index contributed by atoms with van der Waals surface area (Å²) in [4.78, 5) is 11.0. The maximum Gasteiger partial charge on any atom is 0.333 e. The van der Waals surface area contributed by atoms with Gasteiger partial charge in [-0.1, -0.05) is 6.92 Å². The molecule has 0 fully saturated rings. The molecule has 0 aromatic heterocycles. The molecular weight excluding hydrogens is 156 g/mol. The van der Waals surface area contributed by atoms with Gasteiger partial charge in [-0.2, -0.15) is 0 Å². The second-order valence-corrected chi connectivity index (χ2v) is 2.55. The first-order valence-corrected chi connectivity index (χ1v) is 4.15. The highest BCUT2D eigenvalue weighted by atomic mass is 16.5. The second kappa shape index (κ2) is 5.77. The Morgan fingerprint density at radius 2 is 2.17 bits per heavy atom. The number of esters is 1. The van der Waals surface area contributed by atoms with E-state index in [2.05, 4.69) is 0 Å². The van der Waals surface area contributed by atoms with E-state index in [-0.39, 0.29) is 5.97 Å². The van der Waals surface area contributed by atoms with E-state index >= 15 is 0 Å². The van der Waals surface area contributed by atoms with Crippen LogP contribution in [0.15, 0.2) is 11.6 Å². The van der Waals surface area contributed by atoms with Crippen LogP contribution in [0.5, 0.6) is 0 Å². The molecule has 70 valence electrons. The molecule has 0 spiro atoms. The minimum Gasteiger partial charge on any atom is -0.463 e. The van der Waals surface area contributed by atoms with Crippen LogP contribution in [0, 0.1) is 0 Å². The molecular formula is C9H16O3. The summed E-state index contributed by atoms with van der Waals surface area (Å²) >= 11 is 0. The van der Waals surface area contributed by atoms with Crippen molar-refractivity contribution < 1.29 is 14.6 Å². The monoisotopic (exact) mass is 172 g/mol. The fourth-order valence-corrected chi connectivity index (χ4v) is 0.719. The zero-order valence-electron chi connectivity index (χ0n) is 7.83. The summed E-state index contributed by atoms with van der Waals surface area (Å²) in [6.45, 7) is 5.60. The van der Waals surface area contributed by atoms with Gasteiger partial charge in [0.15, 0.2) is 0 Å². The molecule has 0 bridgehead atoms. The van der Waals surface area contributed by atoms with Crippen LogP contribution in [-0.4, -0.2) is 23.8 Å². The van der Waals surface area contributed by atoms with Crippen LogP contribution < -0.4 is 0 Å². The van der Waals surface area contributed by atoms with Crippen molar-refractivity contribution >= 4 is 5.97 Å². The van der Waals surface area contributed by atoms with E-state index in [1.807, 2.05) is 6.92 Å². The minimum atomic E-state index is -0.547. The molecule has 0 saturated heterocycles. The lowest BCUT2D eigenvalue weighted by Gasteiger charge is -2.04. The van der Waals surface area contributed by atoms with Crippen molar-refractivity contribution in [3.63, 3.8) is 0 Å². The number of hydrogen-bond donors (Lipinski definition) is 1. The molecule has 12 heavy (non-hydrogen) atoms. The van der Waals surface area contributed by atoms with E-state index < -0.39 is 6.10 Å². The number of hydrogen-bond acceptors (Lipinski definition) is 3. The summed E-state index contributed by atoms with van der Waals surface area (Å²) in [7, 11) is 0. The normalized spacial score (nSPS) is 14.2. The summed E-state index contributed by atoms with van der Waals surface area (Å²) in [6, 6.07) is 0. The van der Waals surface area contributed by atoms with Crippen LogP contribution in [0.1, 0.15) is 27.2 Å². The number of aliphatic hydroxyl groups excluding tert-OH is 1. The molecule has 1 atom stereocenters. The molecule has 0 aromatic carbocycles. The summed E-state index contributed by atoms with van der Waals surface area (Å²) in [6.07, 6.45) is 1.57. The average molecular weight is 172 g/mol. The van der Waals surface area contributed by atoms with E-state index in [4.69, 9.17) is 9.84 Å². The van der Waals surface area contributed by atoms with Crippen LogP contribution >= 0.6 is 0 Å². The first-order valence-electron chi connectivity index (χ1n) is 4.15. The molecule has 3 nitrogen and oxygen atoms in total. The smallest absolute Gasteiger partial charge is 0.333 e. The maximum absolute atomic E-state index is 11.0. The lowest BCUT2D eigenvalue weighted by Crippen LogP contribution is -2.09. The number of carbonyl (C=O) groups is 1. The van der Waals surface area contributed by atoms with Crippen molar-refractivity contribution in [3.8, 4) is 0 Å². The van der Waals surface area contributed by atoms with Gasteiger partial charge in [0, 0.05) is 5.57 Å². The van der Waals surface area contributed by atoms with Gasteiger partial charge in [-0.15, -0.1) is 0 Å². The van der Waals surface area contributed by atoms with Crippen molar-refractivity contribution in [3.05, 3.63) is 11.6 Å². The van der Waals surface area contributed by atoms with Gasteiger partial charge in [0.25, 0.3) is 0 Å². The quantitative estimate of drug-likeness (QED) is 0.513. The molecule has 0 saturated carbocycles. The van der Waals surface area contributed by atoms with Crippen LogP contribution in [-0.2, 0) is 9.53 Å². The Morgan fingerprint density at radius 1 is 1.58 bits per heavy atom. The summed E-state index contributed by atoms with van der Waals surface area (Å²) in [5, 5.41) is 9.16. The largest absolute Gasteiger partial charge is 0.463 e. The van der Waals surface area contributed by atoms with Crippen molar-refractivity contribution in [2.75, 3.05) is 6.61 Å². The van der Waals surface area contributed by atoms with Crippen molar-refractivity contribution in [1.82, 2.24) is 0 Å². The highest BCUT2D eigenvalue weighted by Crippen LogP contribution is 2.01. The van der Waals surface area contributed by atoms with Crippen LogP contribution in [0.2, 0.25) is 0 Å². The summed E-state index contributed by atoms with van der Waals surface area (Å²) in [5.41, 5.74) is 0.464. The average Bonchev–Trinajstić information content (AvgIpc) is 2.04. The van der Waals surface area contributed by atoms with E-state index in [0.717, 1.165) is 0 Å². The number of carbonyl (C=O) groups excluding carboxylic acids is 1. The maximum atomic E-state index is 11.0. The Morgan fingerprint density at radius 3 is 2.58 bits per heavy atom. The minimum absolute atomic E-state index is 0.356. The summed E-state index contributed by atoms with van der Waals surface area (Å²) < 4.78 is 4.73. The fourth-order valence-electron chi connectivity index (χ4n) is 0.719. The van der Waals surface area contributed by atoms with E-state index in [9.17, 15) is 4.79 Å². The fraction of sp³-hybridized carbons (Fsp3) is 0.667. The molecule has 3 heteroatoms. The van der Waals surface area contributed by atoms with Gasteiger partial charge in [0.05, 0.1) is 12.7 Å². The standard InChI is InChI=1S/C9H16O3/c1-4-8(10)6-7(3)9(11)12-5-2/h6,8,10H,4-5H2,1-3H3/b7-6+. The Hall–Kier alpha value is -0.830. The van der Waals surface area contributed by atoms with Gasteiger partial charge in [0.1, 0.15) is 0 Å². The summed E-state index contributed by atoms with van der Waals surface area (Å²) in [5.74, 6) is -0.356. The third kappa shape index (κ3) is 4.13. The topological polar surface area (TPSA) is 46.5 Å². The number of aliphatic hydroxyl groups is 1. The van der Waals surface area contributed by atoms with E-state index in [0.29, 0.717) is 18.6 Å². The highest BCUT2D eigenvalue weighted by molar-refractivity contribution is 5.87. The third-order valence-corrected chi connectivity index (χ3v) is 1.46. The van der Waals surface area contributed by atoms with Crippen molar-refractivity contribution in [2.24, 2.45) is 0 Å². The molecule has 0 aliphatic heterocycles. The Kier molecular flexibility index (Phi) is 5.37. The molecule has 0 aromatic rings. The lowest BCUT2D eigenvalue weighted by atomic mass is 10.2. The van der Waals surface area contributed by atoms with Gasteiger partial charge >= 0.3 is 5.97 Å². The molecule has 0 amide bonds. The molecule has 0 aliphatic rings. The Bertz CT molecular complexity index is 173. The molecule has 0 aliphatic carbocycles. The molecule has 0 radical (unpaired) electrons. The zero-order valence-corrected chi connectivity index (χ0v) is 7.83. The van der Waals surface area contributed by atoms with Crippen molar-refractivity contribution in [2.45, 2.75) is 33.3 Å². The first kappa shape index (κ1) is 11.2. The van der Waals surface area contributed by atoms with E-state index in [1.165, 1.54) is 6.08 Å². The molecule has 0 heterocycles. The third-order valence-electron chi connectivity index (χ3n) is 1.46. The van der Waals surface area contributed by atoms with E-state index in [1.54, 1.807) is 13.8 Å². The van der Waals surface area contributed by atoms with Crippen molar-refractivity contribution in [1.29, 1.82) is 0 Å². The van der Waals surface area contributed by atoms with Gasteiger partial charge in [-0.25, -0.2) is 4.79 Å². The van der Waals surface area contributed by atoms with Crippen LogP contribution in [0.4, 0.5) is 0 Å². The van der Waals surface area contributed by atoms with Gasteiger partial charge in [-0.05, 0) is 26.3 Å². The van der Waals surface area contributed by atoms with Crippen LogP contribution in [0.3, 0.4) is 0 Å².